The van der Waals surface area contributed by atoms with Crippen LogP contribution in [-0.4, -0.2) is 62.3 Å². The number of fused-ring (bicyclic) bond motifs is 3. The number of piperidine rings is 1. The maximum absolute atomic E-state index is 6.15. The molecule has 0 N–H and O–H groups in total. The Kier molecular flexibility index (Phi) is 7.65. The van der Waals surface area contributed by atoms with Crippen molar-refractivity contribution in [1.29, 1.82) is 0 Å². The van der Waals surface area contributed by atoms with Gasteiger partial charge in [0.1, 0.15) is 12.4 Å². The molecule has 31 heavy (non-hydrogen) atoms. The van der Waals surface area contributed by atoms with Gasteiger partial charge in [-0.15, -0.1) is 0 Å². The highest BCUT2D eigenvalue weighted by Crippen LogP contribution is 2.27. The van der Waals surface area contributed by atoms with E-state index in [0.29, 0.717) is 25.2 Å². The minimum absolute atomic E-state index is 0.510. The predicted octanol–water partition coefficient (Wildman–Crippen LogP) is 4.71. The summed E-state index contributed by atoms with van der Waals surface area (Å²) in [5.41, 5.74) is 5.40. The normalized spacial score (nSPS) is 20.1. The molecule has 2 aliphatic heterocycles. The van der Waals surface area contributed by atoms with E-state index in [-0.39, 0.29) is 0 Å². The highest BCUT2D eigenvalue weighted by Gasteiger charge is 2.23. The van der Waals surface area contributed by atoms with Crippen LogP contribution in [0.4, 0.5) is 0 Å². The molecule has 0 amide bonds. The summed E-state index contributed by atoms with van der Waals surface area (Å²) in [6.07, 6.45) is 3.38. The second kappa shape index (κ2) is 10.6. The Morgan fingerprint density at radius 1 is 0.903 bits per heavy atom. The second-order valence-electron chi connectivity index (χ2n) is 9.48. The maximum Gasteiger partial charge on any atom is 0.122 e. The number of ether oxygens (including phenoxy) is 2. The summed E-state index contributed by atoms with van der Waals surface area (Å²) in [5.74, 6) is 1.50. The van der Waals surface area contributed by atoms with Crippen molar-refractivity contribution in [3.05, 3.63) is 64.7 Å². The van der Waals surface area contributed by atoms with E-state index in [0.717, 1.165) is 31.9 Å². The molecular weight excluding hydrogens is 384 g/mol. The van der Waals surface area contributed by atoms with Crippen LogP contribution in [0.5, 0.6) is 5.75 Å². The van der Waals surface area contributed by atoms with E-state index in [1.165, 1.54) is 48.2 Å². The van der Waals surface area contributed by atoms with Gasteiger partial charge in [-0.1, -0.05) is 50.2 Å². The van der Waals surface area contributed by atoms with Crippen LogP contribution in [0.2, 0.25) is 0 Å². The number of rotatable bonds is 2. The van der Waals surface area contributed by atoms with Crippen LogP contribution in [0.25, 0.3) is 0 Å². The third kappa shape index (κ3) is 6.09. The lowest BCUT2D eigenvalue weighted by atomic mass is 9.96. The summed E-state index contributed by atoms with van der Waals surface area (Å²) in [4.78, 5) is 5.08. The summed E-state index contributed by atoms with van der Waals surface area (Å²) in [6, 6.07) is 16.4. The largest absolute Gasteiger partial charge is 0.491 e. The van der Waals surface area contributed by atoms with Gasteiger partial charge in [0.05, 0.1) is 13.2 Å². The molecule has 2 heterocycles. The molecular formula is C27H38N2O2. The van der Waals surface area contributed by atoms with Crippen LogP contribution in [0.3, 0.4) is 0 Å². The molecule has 0 atom stereocenters. The van der Waals surface area contributed by atoms with Gasteiger partial charge in [0.2, 0.25) is 0 Å². The third-order valence-corrected chi connectivity index (χ3v) is 6.74. The number of nitrogens with zero attached hydrogens (tertiary/aromatic N) is 2. The van der Waals surface area contributed by atoms with Crippen molar-refractivity contribution >= 4 is 0 Å². The topological polar surface area (TPSA) is 24.9 Å². The lowest BCUT2D eigenvalue weighted by Crippen LogP contribution is -2.44. The third-order valence-electron chi connectivity index (χ3n) is 6.74. The highest BCUT2D eigenvalue weighted by molar-refractivity contribution is 5.42. The molecule has 4 heteroatoms. The van der Waals surface area contributed by atoms with Crippen LogP contribution in [-0.2, 0) is 17.7 Å². The van der Waals surface area contributed by atoms with Crippen LogP contribution >= 0.6 is 0 Å². The van der Waals surface area contributed by atoms with Crippen molar-refractivity contribution < 1.29 is 9.47 Å². The minimum Gasteiger partial charge on any atom is -0.491 e. The molecule has 2 aromatic rings. The number of hydrogen-bond donors (Lipinski definition) is 0. The SMILES string of the molecule is CC(C)c1ccc2c(c1)Cc1cccc(c1)CN(C1CCN(C)CC1)CCOCCO2. The Morgan fingerprint density at radius 2 is 1.71 bits per heavy atom. The zero-order chi connectivity index (χ0) is 21.6. The van der Waals surface area contributed by atoms with Crippen molar-refractivity contribution in [2.45, 2.75) is 51.6 Å². The van der Waals surface area contributed by atoms with E-state index in [1.54, 1.807) is 0 Å². The Hall–Kier alpha value is -1.88. The van der Waals surface area contributed by atoms with Crippen LogP contribution in [0.15, 0.2) is 42.5 Å². The smallest absolute Gasteiger partial charge is 0.122 e. The second-order valence-corrected chi connectivity index (χ2v) is 9.48. The fourth-order valence-electron chi connectivity index (χ4n) is 4.78. The number of hydrogen-bond acceptors (Lipinski definition) is 4. The van der Waals surface area contributed by atoms with Crippen molar-refractivity contribution in [3.63, 3.8) is 0 Å². The highest BCUT2D eigenvalue weighted by atomic mass is 16.5. The van der Waals surface area contributed by atoms with E-state index in [4.69, 9.17) is 9.47 Å². The average Bonchev–Trinajstić information content (AvgIpc) is 2.76. The lowest BCUT2D eigenvalue weighted by molar-refractivity contribution is 0.0504. The summed E-state index contributed by atoms with van der Waals surface area (Å²) < 4.78 is 12.1. The maximum atomic E-state index is 6.15. The molecule has 1 saturated heterocycles. The van der Waals surface area contributed by atoms with E-state index < -0.39 is 0 Å². The first-order valence-electron chi connectivity index (χ1n) is 11.9. The van der Waals surface area contributed by atoms with Gasteiger partial charge in [-0.05, 0) is 67.2 Å². The van der Waals surface area contributed by atoms with Gasteiger partial charge in [-0.2, -0.15) is 0 Å². The van der Waals surface area contributed by atoms with Gasteiger partial charge in [-0.3, -0.25) is 4.90 Å². The Balaban J connectivity index is 1.58. The molecule has 0 aliphatic carbocycles. The van der Waals surface area contributed by atoms with Gasteiger partial charge < -0.3 is 14.4 Å². The Morgan fingerprint density at radius 3 is 2.52 bits per heavy atom. The predicted molar refractivity (Wildman–Crippen MR) is 127 cm³/mol. The molecule has 0 spiro atoms. The quantitative estimate of drug-likeness (QED) is 0.700. The molecule has 2 aliphatic rings. The number of likely N-dealkylation sites (tertiary alicyclic amines) is 1. The molecule has 4 rings (SSSR count). The van der Waals surface area contributed by atoms with Crippen molar-refractivity contribution in [2.75, 3.05) is 46.5 Å². The molecule has 2 bridgehead atoms. The van der Waals surface area contributed by atoms with Crippen LogP contribution < -0.4 is 4.74 Å². The fraction of sp³-hybridized carbons (Fsp3) is 0.556. The van der Waals surface area contributed by atoms with Gasteiger partial charge in [0.15, 0.2) is 0 Å². The van der Waals surface area contributed by atoms with Crippen LogP contribution in [0.1, 0.15) is 54.9 Å². The van der Waals surface area contributed by atoms with Crippen molar-refractivity contribution in [2.24, 2.45) is 0 Å². The van der Waals surface area contributed by atoms with Gasteiger partial charge in [0.25, 0.3) is 0 Å². The molecule has 2 aromatic carbocycles. The van der Waals surface area contributed by atoms with Crippen molar-refractivity contribution in [1.82, 2.24) is 9.80 Å². The molecule has 0 radical (unpaired) electrons. The minimum atomic E-state index is 0.510. The standard InChI is InChI=1S/C27H38N2O2/c1-21(2)24-7-8-27-25(19-24)18-22-5-4-6-23(17-22)20-29(13-14-30-15-16-31-27)26-9-11-28(3)12-10-26/h4-8,17,19,21,26H,9-16,18,20H2,1-3H3. The van der Waals surface area contributed by atoms with Crippen LogP contribution in [0, 0.1) is 0 Å². The Bertz CT molecular complexity index is 843. The zero-order valence-corrected chi connectivity index (χ0v) is 19.5. The zero-order valence-electron chi connectivity index (χ0n) is 19.5. The van der Waals surface area contributed by atoms with E-state index in [1.807, 2.05) is 0 Å². The first-order chi connectivity index (χ1) is 15.1. The monoisotopic (exact) mass is 422 g/mol. The van der Waals surface area contributed by atoms with Gasteiger partial charge in [-0.25, -0.2) is 0 Å². The first-order valence-corrected chi connectivity index (χ1v) is 11.9. The van der Waals surface area contributed by atoms with Gasteiger partial charge in [0, 0.05) is 25.6 Å². The van der Waals surface area contributed by atoms with E-state index in [9.17, 15) is 0 Å². The Labute approximate surface area is 188 Å². The molecule has 0 aromatic heterocycles. The summed E-state index contributed by atoms with van der Waals surface area (Å²) in [6.45, 7) is 10.8. The molecule has 1 fully saturated rings. The number of benzene rings is 2. The molecule has 0 unspecified atom stereocenters. The molecule has 0 saturated carbocycles. The summed E-state index contributed by atoms with van der Waals surface area (Å²) >= 11 is 0. The van der Waals surface area contributed by atoms with Crippen molar-refractivity contribution in [3.8, 4) is 5.75 Å². The molecule has 4 nitrogen and oxygen atoms in total. The summed E-state index contributed by atoms with van der Waals surface area (Å²) in [5, 5.41) is 0. The van der Waals surface area contributed by atoms with Gasteiger partial charge >= 0.3 is 0 Å². The van der Waals surface area contributed by atoms with E-state index >= 15 is 0 Å². The summed E-state index contributed by atoms with van der Waals surface area (Å²) in [7, 11) is 2.23. The average molecular weight is 423 g/mol. The first kappa shape index (κ1) is 22.3. The molecule has 168 valence electrons. The van der Waals surface area contributed by atoms with E-state index in [2.05, 4.69) is 73.2 Å². The lowest BCUT2D eigenvalue weighted by Gasteiger charge is -2.37. The fourth-order valence-corrected chi connectivity index (χ4v) is 4.78.